The molecule has 88 valence electrons. The predicted molar refractivity (Wildman–Crippen MR) is 70.9 cm³/mol. The molecule has 0 aliphatic heterocycles. The lowest BCUT2D eigenvalue weighted by Crippen LogP contribution is -1.89. The van der Waals surface area contributed by atoms with E-state index in [0.717, 1.165) is 16.4 Å². The zero-order valence-corrected chi connectivity index (χ0v) is 10.5. The highest BCUT2D eigenvalue weighted by molar-refractivity contribution is 7.15. The Morgan fingerprint density at radius 3 is 2.88 bits per heavy atom. The van der Waals surface area contributed by atoms with Crippen LogP contribution in [0.1, 0.15) is 16.1 Å². The Morgan fingerprint density at radius 1 is 1.41 bits per heavy atom. The van der Waals surface area contributed by atoms with Gasteiger partial charge in [0.2, 0.25) is 5.13 Å². The van der Waals surface area contributed by atoms with E-state index in [1.165, 1.54) is 4.88 Å². The van der Waals surface area contributed by atoms with Crippen molar-refractivity contribution >= 4 is 22.7 Å². The van der Waals surface area contributed by atoms with E-state index in [4.69, 9.17) is 0 Å². The Hall–Kier alpha value is -1.88. The van der Waals surface area contributed by atoms with Gasteiger partial charge in [0.15, 0.2) is 0 Å². The number of nitrogens with one attached hydrogen (secondary N) is 1. The van der Waals surface area contributed by atoms with Gasteiger partial charge in [0, 0.05) is 4.88 Å². The van der Waals surface area contributed by atoms with Crippen LogP contribution in [0.25, 0.3) is 0 Å². The minimum absolute atomic E-state index is 0.231. The van der Waals surface area contributed by atoms with Gasteiger partial charge in [0.1, 0.15) is 5.75 Å². The summed E-state index contributed by atoms with van der Waals surface area (Å²) in [6.07, 6.45) is 1.64. The predicted octanol–water partition coefficient (Wildman–Crippen LogP) is 2.91. The van der Waals surface area contributed by atoms with Crippen molar-refractivity contribution in [1.82, 2.24) is 4.98 Å². The number of rotatable bonds is 3. The van der Waals surface area contributed by atoms with Crippen LogP contribution in [0, 0.1) is 13.8 Å². The number of thiazole rings is 1. The molecule has 0 spiro atoms. The Balaban J connectivity index is 2.02. The average Bonchev–Trinajstić information content (AvgIpc) is 2.58. The first-order valence-electron chi connectivity index (χ1n) is 5.17. The van der Waals surface area contributed by atoms with Crippen molar-refractivity contribution < 1.29 is 5.11 Å². The van der Waals surface area contributed by atoms with E-state index in [1.54, 1.807) is 35.8 Å². The molecule has 0 aliphatic carbocycles. The van der Waals surface area contributed by atoms with Crippen LogP contribution in [0.2, 0.25) is 0 Å². The molecule has 0 unspecified atom stereocenters. The molecule has 4 nitrogen and oxygen atoms in total. The number of hydrazone groups is 1. The van der Waals surface area contributed by atoms with E-state index in [0.29, 0.717) is 0 Å². The second-order valence-corrected chi connectivity index (χ2v) is 4.83. The SMILES string of the molecule is Cc1nc(NN=Cc2cccc(O)c2)sc1C. The third-order valence-electron chi connectivity index (χ3n) is 2.27. The number of aromatic nitrogens is 1. The van der Waals surface area contributed by atoms with Crippen LogP contribution in [0.5, 0.6) is 5.75 Å². The summed E-state index contributed by atoms with van der Waals surface area (Å²) >= 11 is 1.57. The molecular weight excluding hydrogens is 234 g/mol. The van der Waals surface area contributed by atoms with Crippen LogP contribution in [-0.2, 0) is 0 Å². The molecule has 1 aromatic carbocycles. The lowest BCUT2D eigenvalue weighted by molar-refractivity contribution is 0.475. The first kappa shape index (κ1) is 11.6. The Morgan fingerprint density at radius 2 is 2.24 bits per heavy atom. The van der Waals surface area contributed by atoms with Crippen LogP contribution in [-0.4, -0.2) is 16.3 Å². The van der Waals surface area contributed by atoms with Gasteiger partial charge in [-0.2, -0.15) is 5.10 Å². The number of nitrogens with zero attached hydrogens (tertiary/aromatic N) is 2. The number of hydrogen-bond acceptors (Lipinski definition) is 5. The summed E-state index contributed by atoms with van der Waals surface area (Å²) < 4.78 is 0. The fourth-order valence-corrected chi connectivity index (χ4v) is 2.05. The number of hydrogen-bond donors (Lipinski definition) is 2. The zero-order chi connectivity index (χ0) is 12.3. The van der Waals surface area contributed by atoms with E-state index < -0.39 is 0 Å². The molecule has 2 rings (SSSR count). The maximum atomic E-state index is 9.28. The normalized spacial score (nSPS) is 10.9. The first-order chi connectivity index (χ1) is 8.15. The van der Waals surface area contributed by atoms with E-state index in [-0.39, 0.29) is 5.75 Å². The van der Waals surface area contributed by atoms with Gasteiger partial charge < -0.3 is 5.11 Å². The second kappa shape index (κ2) is 4.97. The molecular formula is C12H13N3OS. The van der Waals surface area contributed by atoms with Crippen LogP contribution in [0.3, 0.4) is 0 Å². The van der Waals surface area contributed by atoms with Gasteiger partial charge in [-0.3, -0.25) is 5.43 Å². The first-order valence-corrected chi connectivity index (χ1v) is 5.99. The molecule has 0 fully saturated rings. The summed E-state index contributed by atoms with van der Waals surface area (Å²) in [6.45, 7) is 3.99. The molecule has 1 heterocycles. The van der Waals surface area contributed by atoms with Crippen LogP contribution < -0.4 is 5.43 Å². The van der Waals surface area contributed by atoms with E-state index in [1.807, 2.05) is 19.9 Å². The third-order valence-corrected chi connectivity index (χ3v) is 3.25. The smallest absolute Gasteiger partial charge is 0.203 e. The zero-order valence-electron chi connectivity index (χ0n) is 9.64. The number of benzene rings is 1. The second-order valence-electron chi connectivity index (χ2n) is 3.63. The Kier molecular flexibility index (Phi) is 3.39. The molecule has 17 heavy (non-hydrogen) atoms. The summed E-state index contributed by atoms with van der Waals surface area (Å²) in [4.78, 5) is 5.48. The maximum absolute atomic E-state index is 9.28. The molecule has 0 saturated heterocycles. The fraction of sp³-hybridized carbons (Fsp3) is 0.167. The van der Waals surface area contributed by atoms with Crippen molar-refractivity contribution in [3.05, 3.63) is 40.4 Å². The average molecular weight is 247 g/mol. The van der Waals surface area contributed by atoms with Crippen molar-refractivity contribution in [2.45, 2.75) is 13.8 Å². The van der Waals surface area contributed by atoms with Gasteiger partial charge >= 0.3 is 0 Å². The van der Waals surface area contributed by atoms with Crippen LogP contribution in [0.15, 0.2) is 29.4 Å². The monoisotopic (exact) mass is 247 g/mol. The van der Waals surface area contributed by atoms with E-state index in [9.17, 15) is 5.11 Å². The summed E-state index contributed by atoms with van der Waals surface area (Å²) in [5, 5.41) is 14.1. The van der Waals surface area contributed by atoms with Crippen molar-refractivity contribution in [3.8, 4) is 5.75 Å². The van der Waals surface area contributed by atoms with Crippen molar-refractivity contribution in [2.75, 3.05) is 5.43 Å². The summed E-state index contributed by atoms with van der Waals surface area (Å²) in [5.74, 6) is 0.231. The van der Waals surface area contributed by atoms with Gasteiger partial charge in [-0.25, -0.2) is 4.98 Å². The number of anilines is 1. The summed E-state index contributed by atoms with van der Waals surface area (Å²) in [5.41, 5.74) is 4.72. The molecule has 0 atom stereocenters. The van der Waals surface area contributed by atoms with Gasteiger partial charge in [-0.15, -0.1) is 11.3 Å². The largest absolute Gasteiger partial charge is 0.508 e. The molecule has 0 radical (unpaired) electrons. The highest BCUT2D eigenvalue weighted by Gasteiger charge is 2.00. The van der Waals surface area contributed by atoms with Crippen molar-refractivity contribution in [1.29, 1.82) is 0 Å². The minimum Gasteiger partial charge on any atom is -0.508 e. The summed E-state index contributed by atoms with van der Waals surface area (Å²) in [7, 11) is 0. The highest BCUT2D eigenvalue weighted by Crippen LogP contribution is 2.20. The van der Waals surface area contributed by atoms with Gasteiger partial charge in [-0.05, 0) is 31.5 Å². The molecule has 2 N–H and O–H groups in total. The molecule has 0 aliphatic rings. The van der Waals surface area contributed by atoms with E-state index >= 15 is 0 Å². The molecule has 0 saturated carbocycles. The number of aryl methyl sites for hydroxylation is 2. The highest BCUT2D eigenvalue weighted by atomic mass is 32.1. The lowest BCUT2D eigenvalue weighted by Gasteiger charge is -1.95. The number of aromatic hydroxyl groups is 1. The topological polar surface area (TPSA) is 57.5 Å². The minimum atomic E-state index is 0.231. The van der Waals surface area contributed by atoms with Gasteiger partial charge in [-0.1, -0.05) is 12.1 Å². The van der Waals surface area contributed by atoms with Crippen LogP contribution in [0.4, 0.5) is 5.13 Å². The van der Waals surface area contributed by atoms with Gasteiger partial charge in [0.05, 0.1) is 11.9 Å². The maximum Gasteiger partial charge on any atom is 0.203 e. The van der Waals surface area contributed by atoms with Crippen LogP contribution >= 0.6 is 11.3 Å². The Bertz CT molecular complexity index is 529. The van der Waals surface area contributed by atoms with Crippen molar-refractivity contribution in [3.63, 3.8) is 0 Å². The quantitative estimate of drug-likeness (QED) is 0.647. The van der Waals surface area contributed by atoms with Crippen molar-refractivity contribution in [2.24, 2.45) is 5.10 Å². The number of phenols is 1. The lowest BCUT2D eigenvalue weighted by atomic mass is 10.2. The molecule has 2 aromatic rings. The third kappa shape index (κ3) is 3.04. The van der Waals surface area contributed by atoms with E-state index in [2.05, 4.69) is 15.5 Å². The Labute approximate surface area is 104 Å². The fourth-order valence-electron chi connectivity index (χ4n) is 1.29. The molecule has 0 amide bonds. The van der Waals surface area contributed by atoms with Gasteiger partial charge in [0.25, 0.3) is 0 Å². The standard InChI is InChI=1S/C12H13N3OS/c1-8-9(2)17-12(14-8)15-13-7-10-4-3-5-11(16)6-10/h3-7,16H,1-2H3,(H,14,15). The molecule has 0 bridgehead atoms. The molecule has 1 aromatic heterocycles. The molecule has 5 heteroatoms. The summed E-state index contributed by atoms with van der Waals surface area (Å²) in [6, 6.07) is 6.90. The number of phenolic OH excluding ortho intramolecular Hbond substituents is 1.